The second-order valence-corrected chi connectivity index (χ2v) is 3.58. The van der Waals surface area contributed by atoms with E-state index < -0.39 is 0 Å². The van der Waals surface area contributed by atoms with E-state index >= 15 is 0 Å². The van der Waals surface area contributed by atoms with E-state index in [1.807, 2.05) is 13.8 Å². The third kappa shape index (κ3) is 3.94. The molecular formula is C12H18N2O3. The minimum Gasteiger partial charge on any atom is -0.472 e. The van der Waals surface area contributed by atoms with Gasteiger partial charge in [-0.05, 0) is 19.9 Å². The van der Waals surface area contributed by atoms with Gasteiger partial charge in [0.25, 0.3) is 5.91 Å². The normalized spacial score (nSPS) is 10.0. The lowest BCUT2D eigenvalue weighted by atomic mass is 10.3. The van der Waals surface area contributed by atoms with Crippen LogP contribution in [0.4, 0.5) is 0 Å². The molecule has 1 aromatic rings. The number of nitrogens with one attached hydrogen (secondary N) is 1. The topological polar surface area (TPSA) is 62.6 Å². The molecule has 1 rings (SSSR count). The highest BCUT2D eigenvalue weighted by Crippen LogP contribution is 1.99. The predicted molar refractivity (Wildman–Crippen MR) is 63.6 cm³/mol. The summed E-state index contributed by atoms with van der Waals surface area (Å²) in [6.45, 7) is 5.62. The molecule has 0 unspecified atom stereocenters. The van der Waals surface area contributed by atoms with E-state index in [4.69, 9.17) is 4.42 Å². The molecule has 0 bridgehead atoms. The monoisotopic (exact) mass is 238 g/mol. The van der Waals surface area contributed by atoms with Crippen LogP contribution in [-0.2, 0) is 4.79 Å². The van der Waals surface area contributed by atoms with Crippen LogP contribution < -0.4 is 5.32 Å². The maximum atomic E-state index is 11.6. The van der Waals surface area contributed by atoms with Crippen LogP contribution in [0, 0.1) is 0 Å². The molecular weight excluding hydrogens is 220 g/mol. The SMILES string of the molecule is CCN(CC)C(=O)CCNC(=O)c1ccoc1. The Bertz CT molecular complexity index is 356. The Morgan fingerprint density at radius 2 is 2.06 bits per heavy atom. The molecule has 1 heterocycles. The molecule has 0 fully saturated rings. The fourth-order valence-corrected chi connectivity index (χ4v) is 1.51. The summed E-state index contributed by atoms with van der Waals surface area (Å²) in [6, 6.07) is 1.58. The largest absolute Gasteiger partial charge is 0.472 e. The quantitative estimate of drug-likeness (QED) is 0.811. The van der Waals surface area contributed by atoms with Gasteiger partial charge in [-0.3, -0.25) is 9.59 Å². The zero-order chi connectivity index (χ0) is 12.7. The van der Waals surface area contributed by atoms with Gasteiger partial charge in [0.1, 0.15) is 6.26 Å². The number of nitrogens with zero attached hydrogens (tertiary/aromatic N) is 1. The van der Waals surface area contributed by atoms with Crippen LogP contribution in [0.5, 0.6) is 0 Å². The Hall–Kier alpha value is -1.78. The van der Waals surface area contributed by atoms with Crippen LogP contribution in [0.2, 0.25) is 0 Å². The van der Waals surface area contributed by atoms with Crippen molar-refractivity contribution in [3.63, 3.8) is 0 Å². The van der Waals surface area contributed by atoms with Crippen LogP contribution in [0.3, 0.4) is 0 Å². The van der Waals surface area contributed by atoms with Crippen molar-refractivity contribution in [1.82, 2.24) is 10.2 Å². The van der Waals surface area contributed by atoms with Gasteiger partial charge in [-0.1, -0.05) is 0 Å². The van der Waals surface area contributed by atoms with Crippen molar-refractivity contribution < 1.29 is 14.0 Å². The number of carbonyl (C=O) groups excluding carboxylic acids is 2. The molecule has 0 radical (unpaired) electrons. The lowest BCUT2D eigenvalue weighted by Gasteiger charge is -2.18. The Labute approximate surface area is 101 Å². The molecule has 5 heteroatoms. The number of rotatable bonds is 6. The van der Waals surface area contributed by atoms with Crippen LogP contribution in [0.1, 0.15) is 30.6 Å². The average Bonchev–Trinajstić information content (AvgIpc) is 2.84. The van der Waals surface area contributed by atoms with Gasteiger partial charge in [0.15, 0.2) is 0 Å². The fraction of sp³-hybridized carbons (Fsp3) is 0.500. The molecule has 1 aromatic heterocycles. The van der Waals surface area contributed by atoms with Crippen LogP contribution >= 0.6 is 0 Å². The van der Waals surface area contributed by atoms with Gasteiger partial charge in [0.05, 0.1) is 11.8 Å². The molecule has 0 saturated carbocycles. The molecule has 0 aromatic carbocycles. The second kappa shape index (κ2) is 6.73. The standard InChI is InChI=1S/C12H18N2O3/c1-3-14(4-2)11(15)5-7-13-12(16)10-6-8-17-9-10/h6,8-9H,3-5,7H2,1-2H3,(H,13,16). The first-order valence-electron chi connectivity index (χ1n) is 5.77. The van der Waals surface area contributed by atoms with Crippen LogP contribution in [-0.4, -0.2) is 36.3 Å². The molecule has 0 atom stereocenters. The van der Waals surface area contributed by atoms with Gasteiger partial charge in [-0.2, -0.15) is 0 Å². The van der Waals surface area contributed by atoms with E-state index in [1.54, 1.807) is 11.0 Å². The van der Waals surface area contributed by atoms with Gasteiger partial charge in [-0.25, -0.2) is 0 Å². The highest BCUT2D eigenvalue weighted by atomic mass is 16.3. The molecule has 0 aliphatic carbocycles. The average molecular weight is 238 g/mol. The second-order valence-electron chi connectivity index (χ2n) is 3.58. The summed E-state index contributed by atoms with van der Waals surface area (Å²) in [6.07, 6.45) is 3.14. The van der Waals surface area contributed by atoms with Crippen molar-refractivity contribution in [1.29, 1.82) is 0 Å². The summed E-state index contributed by atoms with van der Waals surface area (Å²) >= 11 is 0. The first-order valence-corrected chi connectivity index (χ1v) is 5.77. The van der Waals surface area contributed by atoms with Gasteiger partial charge in [0, 0.05) is 26.1 Å². The number of carbonyl (C=O) groups is 2. The summed E-state index contributed by atoms with van der Waals surface area (Å²) in [4.78, 5) is 24.9. The molecule has 0 saturated heterocycles. The smallest absolute Gasteiger partial charge is 0.254 e. The fourth-order valence-electron chi connectivity index (χ4n) is 1.51. The van der Waals surface area contributed by atoms with E-state index in [9.17, 15) is 9.59 Å². The Morgan fingerprint density at radius 3 is 2.59 bits per heavy atom. The van der Waals surface area contributed by atoms with E-state index in [0.717, 1.165) is 0 Å². The van der Waals surface area contributed by atoms with Gasteiger partial charge < -0.3 is 14.6 Å². The van der Waals surface area contributed by atoms with Crippen molar-refractivity contribution in [2.24, 2.45) is 0 Å². The molecule has 0 aliphatic rings. The first-order chi connectivity index (χ1) is 8.19. The van der Waals surface area contributed by atoms with Crippen molar-refractivity contribution in [3.05, 3.63) is 24.2 Å². The molecule has 94 valence electrons. The van der Waals surface area contributed by atoms with Crippen molar-refractivity contribution in [3.8, 4) is 0 Å². The molecule has 0 aliphatic heterocycles. The third-order valence-corrected chi connectivity index (χ3v) is 2.52. The van der Waals surface area contributed by atoms with Crippen molar-refractivity contribution in [2.45, 2.75) is 20.3 Å². The van der Waals surface area contributed by atoms with Gasteiger partial charge in [-0.15, -0.1) is 0 Å². The Balaban J connectivity index is 2.28. The van der Waals surface area contributed by atoms with E-state index in [-0.39, 0.29) is 11.8 Å². The molecule has 0 spiro atoms. The highest BCUT2D eigenvalue weighted by Gasteiger charge is 2.10. The van der Waals surface area contributed by atoms with Crippen LogP contribution in [0.15, 0.2) is 23.0 Å². The predicted octanol–water partition coefficient (Wildman–Crippen LogP) is 1.27. The van der Waals surface area contributed by atoms with Crippen molar-refractivity contribution in [2.75, 3.05) is 19.6 Å². The number of furan rings is 1. The maximum absolute atomic E-state index is 11.6. The minimum absolute atomic E-state index is 0.0579. The summed E-state index contributed by atoms with van der Waals surface area (Å²) in [5.74, 6) is -0.159. The molecule has 17 heavy (non-hydrogen) atoms. The summed E-state index contributed by atoms with van der Waals surface area (Å²) in [5, 5.41) is 2.67. The maximum Gasteiger partial charge on any atom is 0.254 e. The summed E-state index contributed by atoms with van der Waals surface area (Å²) < 4.78 is 4.80. The van der Waals surface area contributed by atoms with Crippen molar-refractivity contribution >= 4 is 11.8 Å². The lowest BCUT2D eigenvalue weighted by Crippen LogP contribution is -2.34. The van der Waals surface area contributed by atoms with E-state index in [0.29, 0.717) is 31.6 Å². The third-order valence-electron chi connectivity index (χ3n) is 2.52. The first kappa shape index (κ1) is 13.3. The number of amides is 2. The molecule has 5 nitrogen and oxygen atoms in total. The Morgan fingerprint density at radius 1 is 1.35 bits per heavy atom. The zero-order valence-electron chi connectivity index (χ0n) is 10.2. The van der Waals surface area contributed by atoms with E-state index in [2.05, 4.69) is 5.32 Å². The summed E-state index contributed by atoms with van der Waals surface area (Å²) in [5.41, 5.74) is 0.472. The lowest BCUT2D eigenvalue weighted by molar-refractivity contribution is -0.130. The summed E-state index contributed by atoms with van der Waals surface area (Å²) in [7, 11) is 0. The Kier molecular flexibility index (Phi) is 5.26. The van der Waals surface area contributed by atoms with Gasteiger partial charge >= 0.3 is 0 Å². The molecule has 2 amide bonds. The van der Waals surface area contributed by atoms with E-state index in [1.165, 1.54) is 12.5 Å². The number of hydrogen-bond donors (Lipinski definition) is 1. The molecule has 1 N–H and O–H groups in total. The number of hydrogen-bond acceptors (Lipinski definition) is 3. The highest BCUT2D eigenvalue weighted by molar-refractivity contribution is 5.93. The van der Waals surface area contributed by atoms with Crippen LogP contribution in [0.25, 0.3) is 0 Å². The zero-order valence-corrected chi connectivity index (χ0v) is 10.2. The van der Waals surface area contributed by atoms with Gasteiger partial charge in [0.2, 0.25) is 5.91 Å². The minimum atomic E-state index is -0.217.